The van der Waals surface area contributed by atoms with Gasteiger partial charge in [0.15, 0.2) is 0 Å². The molecule has 0 radical (unpaired) electrons. The van der Waals surface area contributed by atoms with E-state index in [-0.39, 0.29) is 0 Å². The maximum Gasteiger partial charge on any atom is 0.416 e. The van der Waals surface area contributed by atoms with Crippen molar-refractivity contribution in [3.05, 3.63) is 34.9 Å². The molecule has 17 heavy (non-hydrogen) atoms. The van der Waals surface area contributed by atoms with Crippen LogP contribution in [0.1, 0.15) is 21.5 Å². The number of nitriles is 1. The highest BCUT2D eigenvalue weighted by atomic mass is 19.4. The van der Waals surface area contributed by atoms with Gasteiger partial charge in [0, 0.05) is 5.56 Å². The molecule has 1 aromatic carbocycles. The largest absolute Gasteiger partial charge is 0.475 e. The zero-order valence-corrected chi connectivity index (χ0v) is 8.08. The quantitative estimate of drug-likeness (QED) is 0.635. The number of carboxylic acids is 1. The highest BCUT2D eigenvalue weighted by Gasteiger charge is 2.32. The lowest BCUT2D eigenvalue weighted by Gasteiger charge is -2.08. The zero-order chi connectivity index (χ0) is 13.2. The Morgan fingerprint density at radius 3 is 2.24 bits per heavy atom. The molecule has 4 nitrogen and oxygen atoms in total. The highest BCUT2D eigenvalue weighted by molar-refractivity contribution is 6.39. The number of aliphatic carboxylic acids is 1. The Kier molecular flexibility index (Phi) is 3.18. The molecular weight excluding hydrogens is 239 g/mol. The van der Waals surface area contributed by atoms with Crippen molar-refractivity contribution in [1.82, 2.24) is 0 Å². The van der Waals surface area contributed by atoms with Crippen molar-refractivity contribution in [3.63, 3.8) is 0 Å². The van der Waals surface area contributed by atoms with Gasteiger partial charge in [0.1, 0.15) is 0 Å². The summed E-state index contributed by atoms with van der Waals surface area (Å²) in [7, 11) is 0. The van der Waals surface area contributed by atoms with Gasteiger partial charge < -0.3 is 5.11 Å². The number of carbonyl (C=O) groups is 2. The molecule has 0 bridgehead atoms. The minimum Gasteiger partial charge on any atom is -0.475 e. The third kappa shape index (κ3) is 2.81. The fourth-order valence-electron chi connectivity index (χ4n) is 1.11. The molecule has 0 saturated carbocycles. The lowest BCUT2D eigenvalue weighted by Crippen LogP contribution is -2.15. The molecule has 1 N–H and O–H groups in total. The first-order valence-corrected chi connectivity index (χ1v) is 4.15. The predicted molar refractivity (Wildman–Crippen MR) is 48.1 cm³/mol. The second-order valence-electron chi connectivity index (χ2n) is 3.04. The van der Waals surface area contributed by atoms with Crippen molar-refractivity contribution >= 4 is 11.8 Å². The number of nitrogens with zero attached hydrogens (tertiary/aromatic N) is 1. The van der Waals surface area contributed by atoms with Gasteiger partial charge in [-0.2, -0.15) is 18.4 Å². The lowest BCUT2D eigenvalue weighted by molar-refractivity contribution is -0.137. The molecule has 7 heteroatoms. The molecule has 0 atom stereocenters. The molecule has 0 aromatic heterocycles. The molecule has 0 spiro atoms. The average molecular weight is 243 g/mol. The van der Waals surface area contributed by atoms with E-state index in [0.717, 1.165) is 6.07 Å². The lowest BCUT2D eigenvalue weighted by atomic mass is 10.0. The van der Waals surface area contributed by atoms with Crippen LogP contribution in [-0.4, -0.2) is 16.9 Å². The minimum atomic E-state index is -4.75. The van der Waals surface area contributed by atoms with Crippen LogP contribution in [0, 0.1) is 11.3 Å². The fourth-order valence-corrected chi connectivity index (χ4v) is 1.11. The summed E-state index contributed by atoms with van der Waals surface area (Å²) in [5.74, 6) is -3.37. The average Bonchev–Trinajstić information content (AvgIpc) is 2.26. The molecular formula is C10H4F3NO3. The maximum atomic E-state index is 12.4. The molecule has 88 valence electrons. The molecule has 0 amide bonds. The second-order valence-corrected chi connectivity index (χ2v) is 3.04. The molecule has 1 rings (SSSR count). The Morgan fingerprint density at radius 1 is 1.24 bits per heavy atom. The molecule has 0 aliphatic rings. The SMILES string of the molecule is N#Cc1cc(C(=O)C(=O)O)cc(C(F)(F)F)c1. The number of hydrogen-bond acceptors (Lipinski definition) is 3. The zero-order valence-electron chi connectivity index (χ0n) is 8.08. The van der Waals surface area contributed by atoms with E-state index in [1.54, 1.807) is 0 Å². The first kappa shape index (κ1) is 12.7. The summed E-state index contributed by atoms with van der Waals surface area (Å²) in [6.45, 7) is 0. The molecule has 0 aliphatic heterocycles. The Labute approximate surface area is 92.9 Å². The van der Waals surface area contributed by atoms with E-state index in [1.807, 2.05) is 0 Å². The molecule has 0 unspecified atom stereocenters. The van der Waals surface area contributed by atoms with Gasteiger partial charge in [-0.05, 0) is 18.2 Å². The van der Waals surface area contributed by atoms with E-state index >= 15 is 0 Å². The maximum absolute atomic E-state index is 12.4. The number of ketones is 1. The van der Waals surface area contributed by atoms with Crippen molar-refractivity contribution in [2.75, 3.05) is 0 Å². The van der Waals surface area contributed by atoms with E-state index in [9.17, 15) is 22.8 Å². The smallest absolute Gasteiger partial charge is 0.416 e. The van der Waals surface area contributed by atoms with Crippen molar-refractivity contribution in [2.24, 2.45) is 0 Å². The van der Waals surface area contributed by atoms with Crippen LogP contribution in [0.3, 0.4) is 0 Å². The highest BCUT2D eigenvalue weighted by Crippen LogP contribution is 2.30. The fraction of sp³-hybridized carbons (Fsp3) is 0.100. The molecule has 0 heterocycles. The van der Waals surface area contributed by atoms with Crippen molar-refractivity contribution < 1.29 is 27.9 Å². The van der Waals surface area contributed by atoms with Crippen LogP contribution in [-0.2, 0) is 11.0 Å². The number of halogens is 3. The van der Waals surface area contributed by atoms with E-state index in [2.05, 4.69) is 0 Å². The summed E-state index contributed by atoms with van der Waals surface area (Å²) in [6, 6.07) is 3.17. The van der Waals surface area contributed by atoms with Crippen molar-refractivity contribution in [1.29, 1.82) is 5.26 Å². The second kappa shape index (κ2) is 4.25. The number of benzene rings is 1. The van der Waals surface area contributed by atoms with Crippen molar-refractivity contribution in [3.8, 4) is 6.07 Å². The topological polar surface area (TPSA) is 78.2 Å². The molecule has 1 aromatic rings. The number of carbonyl (C=O) groups excluding carboxylic acids is 1. The van der Waals surface area contributed by atoms with Crippen LogP contribution in [0.2, 0.25) is 0 Å². The Bertz CT molecular complexity index is 529. The van der Waals surface area contributed by atoms with Gasteiger partial charge in [-0.3, -0.25) is 4.79 Å². The predicted octanol–water partition coefficient (Wildman–Crippen LogP) is 1.84. The third-order valence-electron chi connectivity index (χ3n) is 1.85. The van der Waals surface area contributed by atoms with Gasteiger partial charge in [0.05, 0.1) is 17.2 Å². The Balaban J connectivity index is 3.40. The van der Waals surface area contributed by atoms with Crippen LogP contribution in [0.15, 0.2) is 18.2 Å². The molecule has 0 fully saturated rings. The molecule has 0 saturated heterocycles. The number of alkyl halides is 3. The third-order valence-corrected chi connectivity index (χ3v) is 1.85. The van der Waals surface area contributed by atoms with Gasteiger partial charge in [0.2, 0.25) is 0 Å². The van der Waals surface area contributed by atoms with Crippen LogP contribution < -0.4 is 0 Å². The summed E-state index contributed by atoms with van der Waals surface area (Å²) >= 11 is 0. The van der Waals surface area contributed by atoms with E-state index in [4.69, 9.17) is 10.4 Å². The number of rotatable bonds is 2. The van der Waals surface area contributed by atoms with Crippen LogP contribution in [0.5, 0.6) is 0 Å². The summed E-state index contributed by atoms with van der Waals surface area (Å²) in [4.78, 5) is 21.4. The normalized spacial score (nSPS) is 10.7. The standard InChI is InChI=1S/C10H4F3NO3/c11-10(12,13)7-2-5(4-14)1-6(3-7)8(15)9(16)17/h1-3H,(H,16,17). The molecule has 0 aliphatic carbocycles. The van der Waals surface area contributed by atoms with Crippen LogP contribution in [0.4, 0.5) is 13.2 Å². The summed E-state index contributed by atoms with van der Waals surface area (Å²) in [6.07, 6.45) is -4.75. The Hall–Kier alpha value is -2.36. The van der Waals surface area contributed by atoms with E-state index in [0.29, 0.717) is 12.1 Å². The van der Waals surface area contributed by atoms with Gasteiger partial charge in [-0.25, -0.2) is 4.79 Å². The first-order valence-electron chi connectivity index (χ1n) is 4.15. The minimum absolute atomic E-state index is 0.400. The Morgan fingerprint density at radius 2 is 1.82 bits per heavy atom. The summed E-state index contributed by atoms with van der Waals surface area (Å²) in [5, 5.41) is 16.9. The van der Waals surface area contributed by atoms with Gasteiger partial charge >= 0.3 is 12.1 Å². The summed E-state index contributed by atoms with van der Waals surface area (Å²) < 4.78 is 37.1. The monoisotopic (exact) mass is 243 g/mol. The van der Waals surface area contributed by atoms with E-state index in [1.165, 1.54) is 6.07 Å². The van der Waals surface area contributed by atoms with Crippen LogP contribution >= 0.6 is 0 Å². The number of hydrogen-bond donors (Lipinski definition) is 1. The van der Waals surface area contributed by atoms with Gasteiger partial charge in [-0.1, -0.05) is 0 Å². The van der Waals surface area contributed by atoms with Crippen molar-refractivity contribution in [2.45, 2.75) is 6.18 Å². The number of carboxylic acid groups (broad SMARTS) is 1. The van der Waals surface area contributed by atoms with Gasteiger partial charge in [-0.15, -0.1) is 0 Å². The van der Waals surface area contributed by atoms with Crippen LogP contribution in [0.25, 0.3) is 0 Å². The van der Waals surface area contributed by atoms with E-state index < -0.39 is 34.6 Å². The first-order chi connectivity index (χ1) is 7.75. The number of Topliss-reactive ketones (excluding diaryl/α,β-unsaturated/α-hetero) is 1. The van der Waals surface area contributed by atoms with Gasteiger partial charge in [0.25, 0.3) is 5.78 Å². The summed E-state index contributed by atoms with van der Waals surface area (Å²) in [5.41, 5.74) is -2.34.